The zero-order chi connectivity index (χ0) is 18.1. The molecule has 2 aromatic heterocycles. The molecule has 8 heteroatoms. The first-order valence-corrected chi connectivity index (χ1v) is 8.45. The van der Waals surface area contributed by atoms with Crippen LogP contribution in [0, 0.1) is 0 Å². The molecule has 1 amide bonds. The zero-order valence-electron chi connectivity index (χ0n) is 14.4. The predicted molar refractivity (Wildman–Crippen MR) is 94.5 cm³/mol. The second-order valence-electron chi connectivity index (χ2n) is 6.29. The Kier molecular flexibility index (Phi) is 4.26. The quantitative estimate of drug-likeness (QED) is 0.693. The van der Waals surface area contributed by atoms with Crippen LogP contribution in [-0.2, 0) is 23.1 Å². The fourth-order valence-corrected chi connectivity index (χ4v) is 3.17. The van der Waals surface area contributed by atoms with Gasteiger partial charge in [0.15, 0.2) is 5.65 Å². The summed E-state index contributed by atoms with van der Waals surface area (Å²) in [5.74, 6) is -0.124. The van der Waals surface area contributed by atoms with Crippen molar-refractivity contribution in [3.63, 3.8) is 0 Å². The lowest BCUT2D eigenvalue weighted by atomic mass is 10.1. The molecular weight excluding hydrogens is 334 g/mol. The first kappa shape index (κ1) is 16.5. The Hall–Kier alpha value is -3.00. The van der Waals surface area contributed by atoms with Gasteiger partial charge in [-0.3, -0.25) is 18.8 Å². The Morgan fingerprint density at radius 1 is 1.31 bits per heavy atom. The van der Waals surface area contributed by atoms with E-state index in [9.17, 15) is 9.59 Å². The number of nitrogens with zero attached hydrogens (tertiary/aromatic N) is 5. The van der Waals surface area contributed by atoms with E-state index in [1.807, 2.05) is 30.3 Å². The van der Waals surface area contributed by atoms with Crippen LogP contribution in [0.5, 0.6) is 0 Å². The molecule has 4 rings (SSSR count). The Balaban J connectivity index is 1.51. The molecule has 0 aliphatic carbocycles. The van der Waals surface area contributed by atoms with Gasteiger partial charge in [0.25, 0.3) is 5.56 Å². The zero-order valence-corrected chi connectivity index (χ0v) is 14.4. The highest BCUT2D eigenvalue weighted by Gasteiger charge is 2.25. The van der Waals surface area contributed by atoms with E-state index in [1.54, 1.807) is 11.9 Å². The number of carbonyl (C=O) groups excluding carboxylic acids is 1. The van der Waals surface area contributed by atoms with Gasteiger partial charge >= 0.3 is 0 Å². The van der Waals surface area contributed by atoms with Crippen molar-refractivity contribution in [1.29, 1.82) is 0 Å². The van der Waals surface area contributed by atoms with Gasteiger partial charge in [-0.2, -0.15) is 5.10 Å². The van der Waals surface area contributed by atoms with E-state index < -0.39 is 0 Å². The van der Waals surface area contributed by atoms with Gasteiger partial charge in [-0.05, 0) is 5.56 Å². The summed E-state index contributed by atoms with van der Waals surface area (Å²) in [4.78, 5) is 31.2. The Morgan fingerprint density at radius 3 is 2.92 bits per heavy atom. The molecule has 26 heavy (non-hydrogen) atoms. The monoisotopic (exact) mass is 353 g/mol. The summed E-state index contributed by atoms with van der Waals surface area (Å²) in [6.45, 7) is 1.41. The molecule has 1 aromatic carbocycles. The van der Waals surface area contributed by atoms with Crippen LogP contribution in [0.15, 0.2) is 47.7 Å². The molecule has 3 aromatic rings. The van der Waals surface area contributed by atoms with Crippen LogP contribution < -0.4 is 5.56 Å². The minimum absolute atomic E-state index is 0.0435. The average molecular weight is 353 g/mol. The third-order valence-corrected chi connectivity index (χ3v) is 4.61. The van der Waals surface area contributed by atoms with E-state index in [1.165, 1.54) is 21.8 Å². The summed E-state index contributed by atoms with van der Waals surface area (Å²) in [5.41, 5.74) is 1.29. The van der Waals surface area contributed by atoms with Crippen LogP contribution in [0.2, 0.25) is 0 Å². The van der Waals surface area contributed by atoms with Gasteiger partial charge in [-0.1, -0.05) is 30.3 Å². The number of hydrogen-bond donors (Lipinski definition) is 0. The highest BCUT2D eigenvalue weighted by molar-refractivity contribution is 5.77. The number of aromatic nitrogens is 4. The highest BCUT2D eigenvalue weighted by atomic mass is 16.5. The molecule has 1 aliphatic heterocycles. The third-order valence-electron chi connectivity index (χ3n) is 4.61. The number of fused-ring (bicyclic) bond motifs is 1. The van der Waals surface area contributed by atoms with Gasteiger partial charge in [0.2, 0.25) is 5.91 Å². The largest absolute Gasteiger partial charge is 0.370 e. The van der Waals surface area contributed by atoms with E-state index in [-0.39, 0.29) is 24.1 Å². The predicted octanol–water partition coefficient (Wildman–Crippen LogP) is 0.730. The molecule has 1 aliphatic rings. The average Bonchev–Trinajstić information content (AvgIpc) is 3.06. The maximum absolute atomic E-state index is 12.7. The number of aryl methyl sites for hydroxylation is 1. The van der Waals surface area contributed by atoms with Gasteiger partial charge in [0.1, 0.15) is 24.4 Å². The summed E-state index contributed by atoms with van der Waals surface area (Å²) in [6, 6.07) is 9.83. The van der Waals surface area contributed by atoms with Crippen molar-refractivity contribution < 1.29 is 9.53 Å². The molecule has 0 radical (unpaired) electrons. The van der Waals surface area contributed by atoms with E-state index in [0.717, 1.165) is 5.56 Å². The number of ether oxygens (including phenoxy) is 1. The molecular formula is C18H19N5O3. The molecule has 134 valence electrons. The molecule has 3 heterocycles. The van der Waals surface area contributed by atoms with Gasteiger partial charge in [0.05, 0.1) is 19.3 Å². The minimum Gasteiger partial charge on any atom is -0.370 e. The maximum atomic E-state index is 12.7. The Bertz CT molecular complexity index is 995. The van der Waals surface area contributed by atoms with Crippen molar-refractivity contribution in [2.24, 2.45) is 7.05 Å². The van der Waals surface area contributed by atoms with Crippen molar-refractivity contribution in [3.05, 3.63) is 58.8 Å². The lowest BCUT2D eigenvalue weighted by Crippen LogP contribution is -2.44. The first-order valence-electron chi connectivity index (χ1n) is 8.45. The lowest BCUT2D eigenvalue weighted by Gasteiger charge is -2.33. The number of rotatable bonds is 3. The van der Waals surface area contributed by atoms with E-state index in [2.05, 4.69) is 10.1 Å². The second-order valence-corrected chi connectivity index (χ2v) is 6.29. The second kappa shape index (κ2) is 6.72. The molecule has 0 saturated carbocycles. The molecule has 0 spiro atoms. The molecule has 1 fully saturated rings. The van der Waals surface area contributed by atoms with Crippen LogP contribution in [0.1, 0.15) is 11.7 Å². The van der Waals surface area contributed by atoms with Gasteiger partial charge in [-0.15, -0.1) is 0 Å². The smallest absolute Gasteiger partial charge is 0.264 e. The number of benzene rings is 1. The van der Waals surface area contributed by atoms with Crippen molar-refractivity contribution in [2.75, 3.05) is 19.7 Å². The standard InChI is InChI=1S/C18H19N5O3/c1-21-17-14(9-20-21)18(25)23(12-19-17)11-16(24)22-7-8-26-15(10-22)13-5-3-2-4-6-13/h2-6,9,12,15H,7-8,10-11H2,1H3. The van der Waals surface area contributed by atoms with E-state index in [4.69, 9.17) is 4.74 Å². The summed E-state index contributed by atoms with van der Waals surface area (Å²) in [7, 11) is 1.72. The van der Waals surface area contributed by atoms with Crippen LogP contribution in [0.25, 0.3) is 11.0 Å². The van der Waals surface area contributed by atoms with Crippen molar-refractivity contribution in [3.8, 4) is 0 Å². The fourth-order valence-electron chi connectivity index (χ4n) is 3.17. The molecule has 1 atom stereocenters. The first-order chi connectivity index (χ1) is 12.6. The SMILES string of the molecule is Cn1ncc2c(=O)n(CC(=O)N3CCOC(c4ccccc4)C3)cnc21. The summed E-state index contributed by atoms with van der Waals surface area (Å²) >= 11 is 0. The minimum atomic E-state index is -0.260. The van der Waals surface area contributed by atoms with Crippen molar-refractivity contribution >= 4 is 16.9 Å². The summed E-state index contributed by atoms with van der Waals surface area (Å²) in [5, 5.41) is 4.45. The summed E-state index contributed by atoms with van der Waals surface area (Å²) in [6.07, 6.45) is 2.73. The summed E-state index contributed by atoms with van der Waals surface area (Å²) < 4.78 is 8.66. The Morgan fingerprint density at radius 2 is 2.12 bits per heavy atom. The van der Waals surface area contributed by atoms with Crippen LogP contribution in [0.4, 0.5) is 0 Å². The van der Waals surface area contributed by atoms with E-state index >= 15 is 0 Å². The molecule has 0 bridgehead atoms. The molecule has 1 saturated heterocycles. The van der Waals surface area contributed by atoms with Crippen molar-refractivity contribution in [2.45, 2.75) is 12.6 Å². The highest BCUT2D eigenvalue weighted by Crippen LogP contribution is 2.22. The number of carbonyl (C=O) groups is 1. The topological polar surface area (TPSA) is 82.2 Å². The van der Waals surface area contributed by atoms with Crippen LogP contribution in [0.3, 0.4) is 0 Å². The van der Waals surface area contributed by atoms with Gasteiger partial charge in [-0.25, -0.2) is 4.98 Å². The van der Waals surface area contributed by atoms with E-state index in [0.29, 0.717) is 30.7 Å². The van der Waals surface area contributed by atoms with Crippen LogP contribution >= 0.6 is 0 Å². The third kappa shape index (κ3) is 2.99. The van der Waals surface area contributed by atoms with Gasteiger partial charge in [0, 0.05) is 13.6 Å². The number of hydrogen-bond acceptors (Lipinski definition) is 5. The molecule has 8 nitrogen and oxygen atoms in total. The maximum Gasteiger partial charge on any atom is 0.264 e. The fraction of sp³-hybridized carbons (Fsp3) is 0.333. The molecule has 0 N–H and O–H groups in total. The van der Waals surface area contributed by atoms with Crippen LogP contribution in [-0.4, -0.2) is 49.8 Å². The normalized spacial score (nSPS) is 17.6. The number of amides is 1. The Labute approximate surface area is 149 Å². The molecule has 1 unspecified atom stereocenters. The van der Waals surface area contributed by atoms with Crippen molar-refractivity contribution in [1.82, 2.24) is 24.2 Å². The lowest BCUT2D eigenvalue weighted by molar-refractivity contribution is -0.139. The van der Waals surface area contributed by atoms with Gasteiger partial charge < -0.3 is 9.64 Å². The number of morpholine rings is 1.